The summed E-state index contributed by atoms with van der Waals surface area (Å²) >= 11 is 0. The Morgan fingerprint density at radius 1 is 1.29 bits per heavy atom. The number of H-pyrrole nitrogens is 1. The fourth-order valence-electron chi connectivity index (χ4n) is 2.39. The molecule has 1 aromatic heterocycles. The zero-order chi connectivity index (χ0) is 15.1. The maximum absolute atomic E-state index is 4.62. The Kier molecular flexibility index (Phi) is 5.67. The van der Waals surface area contributed by atoms with Crippen LogP contribution < -0.4 is 10.6 Å². The standard InChI is InChI=1S/C17H26N4/c1-4-18-17(21-13(2)3)19-11-7-8-14-12-20-16-10-6-5-9-15(14)16/h5-6,9-10,12-13,20H,4,7-8,11H2,1-3H3,(H2,18,19,21). The van der Waals surface area contributed by atoms with Gasteiger partial charge in [-0.25, -0.2) is 0 Å². The molecule has 0 fully saturated rings. The van der Waals surface area contributed by atoms with Crippen LogP contribution in [0.1, 0.15) is 32.8 Å². The Labute approximate surface area is 127 Å². The Morgan fingerprint density at radius 3 is 2.86 bits per heavy atom. The molecule has 0 aliphatic rings. The second kappa shape index (κ2) is 7.72. The largest absolute Gasteiger partial charge is 0.361 e. The average Bonchev–Trinajstić information content (AvgIpc) is 2.86. The summed E-state index contributed by atoms with van der Waals surface area (Å²) in [6.07, 6.45) is 4.22. The third kappa shape index (κ3) is 4.52. The van der Waals surface area contributed by atoms with Gasteiger partial charge in [0.2, 0.25) is 0 Å². The number of aromatic nitrogens is 1. The Hall–Kier alpha value is -1.97. The summed E-state index contributed by atoms with van der Waals surface area (Å²) < 4.78 is 0. The van der Waals surface area contributed by atoms with Crippen molar-refractivity contribution >= 4 is 16.9 Å². The first-order chi connectivity index (χ1) is 10.2. The van der Waals surface area contributed by atoms with E-state index in [1.165, 1.54) is 16.5 Å². The predicted molar refractivity (Wildman–Crippen MR) is 90.9 cm³/mol. The quantitative estimate of drug-likeness (QED) is 0.434. The molecular formula is C17H26N4. The molecule has 0 unspecified atom stereocenters. The van der Waals surface area contributed by atoms with Crippen molar-refractivity contribution in [3.63, 3.8) is 0 Å². The number of nitrogens with one attached hydrogen (secondary N) is 3. The summed E-state index contributed by atoms with van der Waals surface area (Å²) in [4.78, 5) is 7.94. The summed E-state index contributed by atoms with van der Waals surface area (Å²) in [6, 6.07) is 8.85. The third-order valence-electron chi connectivity index (χ3n) is 3.32. The van der Waals surface area contributed by atoms with Crippen LogP contribution >= 0.6 is 0 Å². The molecule has 21 heavy (non-hydrogen) atoms. The molecule has 4 nitrogen and oxygen atoms in total. The molecule has 0 saturated carbocycles. The van der Waals surface area contributed by atoms with Gasteiger partial charge < -0.3 is 15.6 Å². The summed E-state index contributed by atoms with van der Waals surface area (Å²) in [5.74, 6) is 0.909. The van der Waals surface area contributed by atoms with Gasteiger partial charge in [-0.3, -0.25) is 4.99 Å². The second-order valence-corrected chi connectivity index (χ2v) is 5.52. The zero-order valence-corrected chi connectivity index (χ0v) is 13.2. The number of aliphatic imine (C=N–C) groups is 1. The summed E-state index contributed by atoms with van der Waals surface area (Å²) in [7, 11) is 0. The molecule has 1 heterocycles. The van der Waals surface area contributed by atoms with Crippen LogP contribution in [0.3, 0.4) is 0 Å². The van der Waals surface area contributed by atoms with Gasteiger partial charge in [0, 0.05) is 36.2 Å². The molecule has 3 N–H and O–H groups in total. The van der Waals surface area contributed by atoms with Gasteiger partial charge in [-0.15, -0.1) is 0 Å². The maximum atomic E-state index is 4.62. The summed E-state index contributed by atoms with van der Waals surface area (Å²) in [5, 5.41) is 7.93. The summed E-state index contributed by atoms with van der Waals surface area (Å²) in [6.45, 7) is 8.06. The van der Waals surface area contributed by atoms with Crippen molar-refractivity contribution in [3.8, 4) is 0 Å². The van der Waals surface area contributed by atoms with Gasteiger partial charge in [0.15, 0.2) is 5.96 Å². The number of hydrogen-bond donors (Lipinski definition) is 3. The monoisotopic (exact) mass is 286 g/mol. The molecule has 114 valence electrons. The lowest BCUT2D eigenvalue weighted by molar-refractivity contribution is 0.697. The molecule has 0 amide bonds. The fourth-order valence-corrected chi connectivity index (χ4v) is 2.39. The lowest BCUT2D eigenvalue weighted by Crippen LogP contribution is -2.41. The smallest absolute Gasteiger partial charge is 0.191 e. The van der Waals surface area contributed by atoms with Crippen LogP contribution in [0.15, 0.2) is 35.5 Å². The topological polar surface area (TPSA) is 52.2 Å². The number of fused-ring (bicyclic) bond motifs is 1. The first-order valence-electron chi connectivity index (χ1n) is 7.80. The van der Waals surface area contributed by atoms with Crippen LogP contribution in [0.2, 0.25) is 0 Å². The van der Waals surface area contributed by atoms with Gasteiger partial charge in [-0.1, -0.05) is 18.2 Å². The van der Waals surface area contributed by atoms with E-state index in [-0.39, 0.29) is 0 Å². The number of aromatic amines is 1. The molecule has 2 rings (SSSR count). The number of nitrogens with zero attached hydrogens (tertiary/aromatic N) is 1. The maximum Gasteiger partial charge on any atom is 0.191 e. The van der Waals surface area contributed by atoms with E-state index in [9.17, 15) is 0 Å². The Bertz CT molecular complexity index is 583. The number of para-hydroxylation sites is 1. The van der Waals surface area contributed by atoms with Crippen LogP contribution in [-0.2, 0) is 6.42 Å². The van der Waals surface area contributed by atoms with Crippen molar-refractivity contribution in [1.29, 1.82) is 0 Å². The number of benzene rings is 1. The van der Waals surface area contributed by atoms with Crippen LogP contribution in [0, 0.1) is 0 Å². The van der Waals surface area contributed by atoms with Gasteiger partial charge in [0.05, 0.1) is 0 Å². The molecule has 0 spiro atoms. The highest BCUT2D eigenvalue weighted by Crippen LogP contribution is 2.18. The Balaban J connectivity index is 1.88. The average molecular weight is 286 g/mol. The molecule has 0 atom stereocenters. The predicted octanol–water partition coefficient (Wildman–Crippen LogP) is 3.06. The fraction of sp³-hybridized carbons (Fsp3) is 0.471. The molecule has 1 aromatic carbocycles. The SMILES string of the molecule is CCNC(=NCCCc1c[nH]c2ccccc12)NC(C)C. The minimum atomic E-state index is 0.399. The molecule has 0 radical (unpaired) electrons. The van der Waals surface area contributed by atoms with Crippen LogP contribution in [0.4, 0.5) is 0 Å². The van der Waals surface area contributed by atoms with Crippen LogP contribution in [0.25, 0.3) is 10.9 Å². The highest BCUT2D eigenvalue weighted by Gasteiger charge is 2.03. The van der Waals surface area contributed by atoms with E-state index in [0.29, 0.717) is 6.04 Å². The van der Waals surface area contributed by atoms with E-state index < -0.39 is 0 Å². The van der Waals surface area contributed by atoms with Crippen LogP contribution in [0.5, 0.6) is 0 Å². The van der Waals surface area contributed by atoms with Crippen molar-refractivity contribution in [2.75, 3.05) is 13.1 Å². The molecule has 2 aromatic rings. The van der Waals surface area contributed by atoms with Gasteiger partial charge in [0.1, 0.15) is 0 Å². The van der Waals surface area contributed by atoms with Crippen LogP contribution in [-0.4, -0.2) is 30.1 Å². The zero-order valence-electron chi connectivity index (χ0n) is 13.2. The minimum Gasteiger partial charge on any atom is -0.361 e. The van der Waals surface area contributed by atoms with Crippen molar-refractivity contribution in [3.05, 3.63) is 36.0 Å². The highest BCUT2D eigenvalue weighted by atomic mass is 15.2. The highest BCUT2D eigenvalue weighted by molar-refractivity contribution is 5.83. The Morgan fingerprint density at radius 2 is 2.10 bits per heavy atom. The minimum absolute atomic E-state index is 0.399. The first-order valence-corrected chi connectivity index (χ1v) is 7.80. The van der Waals surface area contributed by atoms with Crippen molar-refractivity contribution in [2.24, 2.45) is 4.99 Å². The van der Waals surface area contributed by atoms with E-state index in [2.05, 4.69) is 71.8 Å². The van der Waals surface area contributed by atoms with E-state index in [0.717, 1.165) is 31.9 Å². The number of rotatable bonds is 6. The van der Waals surface area contributed by atoms with Crippen molar-refractivity contribution < 1.29 is 0 Å². The van der Waals surface area contributed by atoms with E-state index in [1.807, 2.05) is 0 Å². The van der Waals surface area contributed by atoms with Gasteiger partial charge in [-0.2, -0.15) is 0 Å². The first kappa shape index (κ1) is 15.4. The van der Waals surface area contributed by atoms with Gasteiger partial charge >= 0.3 is 0 Å². The lowest BCUT2D eigenvalue weighted by Gasteiger charge is -2.13. The lowest BCUT2D eigenvalue weighted by atomic mass is 10.1. The normalized spacial score (nSPS) is 12.1. The van der Waals surface area contributed by atoms with E-state index in [1.54, 1.807) is 0 Å². The molecule has 4 heteroatoms. The molecular weight excluding hydrogens is 260 g/mol. The van der Waals surface area contributed by atoms with Crippen molar-refractivity contribution in [1.82, 2.24) is 15.6 Å². The second-order valence-electron chi connectivity index (χ2n) is 5.52. The van der Waals surface area contributed by atoms with E-state index in [4.69, 9.17) is 0 Å². The summed E-state index contributed by atoms with van der Waals surface area (Å²) in [5.41, 5.74) is 2.59. The molecule has 0 aliphatic carbocycles. The molecule has 0 bridgehead atoms. The van der Waals surface area contributed by atoms with Gasteiger partial charge in [0.25, 0.3) is 0 Å². The van der Waals surface area contributed by atoms with Gasteiger partial charge in [-0.05, 0) is 45.2 Å². The number of hydrogen-bond acceptors (Lipinski definition) is 1. The molecule has 0 aliphatic heterocycles. The van der Waals surface area contributed by atoms with E-state index >= 15 is 0 Å². The van der Waals surface area contributed by atoms with Crippen molar-refractivity contribution in [2.45, 2.75) is 39.7 Å². The number of aryl methyl sites for hydroxylation is 1. The third-order valence-corrected chi connectivity index (χ3v) is 3.32. The number of guanidine groups is 1. The molecule has 0 saturated heterocycles.